The van der Waals surface area contributed by atoms with Gasteiger partial charge >= 0.3 is 0 Å². The predicted molar refractivity (Wildman–Crippen MR) is 105 cm³/mol. The molecule has 2 N–H and O–H groups in total. The van der Waals surface area contributed by atoms with Crippen molar-refractivity contribution in [2.45, 2.75) is 45.6 Å². The van der Waals surface area contributed by atoms with E-state index >= 15 is 0 Å². The summed E-state index contributed by atoms with van der Waals surface area (Å²) in [6.07, 6.45) is 4.15. The largest absolute Gasteiger partial charge is 0.390 e. The van der Waals surface area contributed by atoms with Crippen LogP contribution in [0.2, 0.25) is 0 Å². The molecular weight excluding hydrogens is 340 g/mol. The first kappa shape index (κ1) is 19.4. The first-order valence-corrected chi connectivity index (χ1v) is 9.54. The fourth-order valence-electron chi connectivity index (χ4n) is 3.74. The Morgan fingerprint density at radius 1 is 1.15 bits per heavy atom. The maximum atomic E-state index is 12.7. The van der Waals surface area contributed by atoms with Gasteiger partial charge in [0.15, 0.2) is 5.78 Å². The monoisotopic (exact) mass is 368 g/mol. The molecule has 1 aromatic carbocycles. The molecule has 27 heavy (non-hydrogen) atoms. The number of H-pyrrole nitrogens is 1. The quantitative estimate of drug-likeness (QED) is 0.793. The molecule has 0 aliphatic carbocycles. The SMILES string of the molecule is Cc1ccc(C(=O)c2c[nH]c(C(=O)N3CCC(CC(C)(C)O)CC3)c2)cc1. The first-order chi connectivity index (χ1) is 12.7. The summed E-state index contributed by atoms with van der Waals surface area (Å²) in [5, 5.41) is 9.97. The molecule has 3 rings (SSSR count). The lowest BCUT2D eigenvalue weighted by atomic mass is 9.86. The van der Waals surface area contributed by atoms with E-state index in [0.29, 0.717) is 35.8 Å². The third kappa shape index (κ3) is 4.86. The van der Waals surface area contributed by atoms with Gasteiger partial charge in [-0.2, -0.15) is 0 Å². The Hall–Kier alpha value is -2.40. The van der Waals surface area contributed by atoms with E-state index in [1.807, 2.05) is 37.8 Å². The number of piperidine rings is 1. The van der Waals surface area contributed by atoms with Crippen LogP contribution in [-0.4, -0.2) is 45.4 Å². The maximum Gasteiger partial charge on any atom is 0.270 e. The van der Waals surface area contributed by atoms with Crippen LogP contribution in [0.5, 0.6) is 0 Å². The highest BCUT2D eigenvalue weighted by Gasteiger charge is 2.28. The second kappa shape index (κ2) is 7.69. The van der Waals surface area contributed by atoms with Crippen molar-refractivity contribution in [1.29, 1.82) is 0 Å². The molecule has 5 nitrogen and oxygen atoms in total. The van der Waals surface area contributed by atoms with Crippen LogP contribution in [0.15, 0.2) is 36.5 Å². The van der Waals surface area contributed by atoms with Crippen molar-refractivity contribution in [3.63, 3.8) is 0 Å². The number of carbonyl (C=O) groups is 2. The number of benzene rings is 1. The van der Waals surface area contributed by atoms with Gasteiger partial charge in [0.25, 0.3) is 5.91 Å². The Labute approximate surface area is 160 Å². The average Bonchev–Trinajstić information content (AvgIpc) is 3.10. The number of aromatic amines is 1. The zero-order valence-electron chi connectivity index (χ0n) is 16.3. The van der Waals surface area contributed by atoms with E-state index in [1.54, 1.807) is 24.4 Å². The van der Waals surface area contributed by atoms with E-state index in [0.717, 1.165) is 24.8 Å². The number of nitrogens with one attached hydrogen (secondary N) is 1. The predicted octanol–water partition coefficient (Wildman–Crippen LogP) is 3.57. The van der Waals surface area contributed by atoms with E-state index in [9.17, 15) is 14.7 Å². The number of rotatable bonds is 5. The summed E-state index contributed by atoms with van der Waals surface area (Å²) in [5.74, 6) is 0.283. The summed E-state index contributed by atoms with van der Waals surface area (Å²) in [4.78, 5) is 30.1. The van der Waals surface area contributed by atoms with E-state index in [2.05, 4.69) is 4.98 Å². The molecular formula is C22H28N2O3. The van der Waals surface area contributed by atoms with Crippen molar-refractivity contribution in [1.82, 2.24) is 9.88 Å². The molecule has 1 aliphatic heterocycles. The molecule has 0 unspecified atom stereocenters. The second-order valence-electron chi connectivity index (χ2n) is 8.25. The van der Waals surface area contributed by atoms with Gasteiger partial charge in [0.05, 0.1) is 5.60 Å². The van der Waals surface area contributed by atoms with Gasteiger partial charge in [-0.25, -0.2) is 0 Å². The normalized spacial score (nSPS) is 15.8. The zero-order valence-corrected chi connectivity index (χ0v) is 16.3. The number of aliphatic hydroxyl groups is 1. The number of carbonyl (C=O) groups excluding carboxylic acids is 2. The lowest BCUT2D eigenvalue weighted by Gasteiger charge is -2.34. The fourth-order valence-corrected chi connectivity index (χ4v) is 3.74. The third-order valence-electron chi connectivity index (χ3n) is 5.18. The van der Waals surface area contributed by atoms with E-state index in [-0.39, 0.29) is 11.7 Å². The third-order valence-corrected chi connectivity index (χ3v) is 5.18. The van der Waals surface area contributed by atoms with E-state index < -0.39 is 5.60 Å². The molecule has 1 saturated heterocycles. The molecule has 0 saturated carbocycles. The number of nitrogens with zero attached hydrogens (tertiary/aromatic N) is 1. The molecule has 1 fully saturated rings. The van der Waals surface area contributed by atoms with Crippen molar-refractivity contribution in [3.05, 3.63) is 58.9 Å². The van der Waals surface area contributed by atoms with Gasteiger partial charge in [-0.05, 0) is 52.0 Å². The number of aryl methyl sites for hydroxylation is 1. The fraction of sp³-hybridized carbons (Fsp3) is 0.455. The number of ketones is 1. The minimum Gasteiger partial charge on any atom is -0.390 e. The molecule has 1 amide bonds. The minimum atomic E-state index is -0.665. The molecule has 0 atom stereocenters. The summed E-state index contributed by atoms with van der Waals surface area (Å²) in [6.45, 7) is 7.00. The summed E-state index contributed by atoms with van der Waals surface area (Å²) < 4.78 is 0. The van der Waals surface area contributed by atoms with E-state index in [1.165, 1.54) is 0 Å². The molecule has 0 spiro atoms. The summed E-state index contributed by atoms with van der Waals surface area (Å²) in [5.41, 5.74) is 2.00. The number of hydrogen-bond acceptors (Lipinski definition) is 3. The van der Waals surface area contributed by atoms with Crippen LogP contribution in [0.3, 0.4) is 0 Å². The summed E-state index contributed by atoms with van der Waals surface area (Å²) in [7, 11) is 0. The smallest absolute Gasteiger partial charge is 0.270 e. The van der Waals surface area contributed by atoms with E-state index in [4.69, 9.17) is 0 Å². The molecule has 0 bridgehead atoms. The summed E-state index contributed by atoms with van der Waals surface area (Å²) >= 11 is 0. The molecule has 2 heterocycles. The van der Waals surface area contributed by atoms with Crippen molar-refractivity contribution in [2.75, 3.05) is 13.1 Å². The molecule has 5 heteroatoms. The van der Waals surface area contributed by atoms with Crippen LogP contribution in [0.1, 0.15) is 65.1 Å². The second-order valence-corrected chi connectivity index (χ2v) is 8.25. The molecule has 1 aromatic heterocycles. The van der Waals surface area contributed by atoms with Gasteiger partial charge in [-0.1, -0.05) is 29.8 Å². The van der Waals surface area contributed by atoms with Crippen molar-refractivity contribution in [3.8, 4) is 0 Å². The van der Waals surface area contributed by atoms with Crippen molar-refractivity contribution in [2.24, 2.45) is 5.92 Å². The Morgan fingerprint density at radius 3 is 2.37 bits per heavy atom. The van der Waals surface area contributed by atoms with Gasteiger partial charge in [-0.15, -0.1) is 0 Å². The molecule has 2 aromatic rings. The maximum absolute atomic E-state index is 12.7. The Bertz CT molecular complexity index is 807. The van der Waals surface area contributed by atoms with Crippen molar-refractivity contribution >= 4 is 11.7 Å². The van der Waals surface area contributed by atoms with Crippen LogP contribution in [0.4, 0.5) is 0 Å². The van der Waals surface area contributed by atoms with Crippen LogP contribution in [0.25, 0.3) is 0 Å². The van der Waals surface area contributed by atoms with Gasteiger partial charge in [0.1, 0.15) is 5.69 Å². The molecule has 1 aliphatic rings. The standard InChI is InChI=1S/C22H28N2O3/c1-15-4-6-17(7-5-15)20(25)18-12-19(23-14-18)21(26)24-10-8-16(9-11-24)13-22(2,3)27/h4-7,12,14,16,23,27H,8-11,13H2,1-3H3. The lowest BCUT2D eigenvalue weighted by Crippen LogP contribution is -2.40. The number of aromatic nitrogens is 1. The Kier molecular flexibility index (Phi) is 5.51. The highest BCUT2D eigenvalue weighted by Crippen LogP contribution is 2.27. The van der Waals surface area contributed by atoms with Crippen LogP contribution in [-0.2, 0) is 0 Å². The number of amides is 1. The number of likely N-dealkylation sites (tertiary alicyclic amines) is 1. The first-order valence-electron chi connectivity index (χ1n) is 9.54. The molecule has 0 radical (unpaired) electrons. The topological polar surface area (TPSA) is 73.4 Å². The Morgan fingerprint density at radius 2 is 1.78 bits per heavy atom. The molecule has 144 valence electrons. The average molecular weight is 368 g/mol. The number of hydrogen-bond donors (Lipinski definition) is 2. The highest BCUT2D eigenvalue weighted by molar-refractivity contribution is 6.10. The van der Waals surface area contributed by atoms with Crippen molar-refractivity contribution < 1.29 is 14.7 Å². The van der Waals surface area contributed by atoms with Gasteiger partial charge < -0.3 is 15.0 Å². The van der Waals surface area contributed by atoms with Crippen LogP contribution in [0, 0.1) is 12.8 Å². The minimum absolute atomic E-state index is 0.0698. The van der Waals surface area contributed by atoms with Gasteiger partial charge in [0.2, 0.25) is 0 Å². The zero-order chi connectivity index (χ0) is 19.6. The lowest BCUT2D eigenvalue weighted by molar-refractivity contribution is 0.0357. The Balaban J connectivity index is 1.62. The van der Waals surface area contributed by atoms with Crippen LogP contribution < -0.4 is 0 Å². The van der Waals surface area contributed by atoms with Crippen LogP contribution >= 0.6 is 0 Å². The van der Waals surface area contributed by atoms with Gasteiger partial charge in [0, 0.05) is 30.4 Å². The highest BCUT2D eigenvalue weighted by atomic mass is 16.3. The van der Waals surface area contributed by atoms with Gasteiger partial charge in [-0.3, -0.25) is 9.59 Å². The summed E-state index contributed by atoms with van der Waals surface area (Å²) in [6, 6.07) is 9.07.